The Bertz CT molecular complexity index is 597. The van der Waals surface area contributed by atoms with E-state index in [0.717, 1.165) is 0 Å². The molecule has 8 nitrogen and oxygen atoms in total. The Morgan fingerprint density at radius 1 is 1.67 bits per heavy atom. The summed E-state index contributed by atoms with van der Waals surface area (Å²) in [5, 5.41) is 3.50. The summed E-state index contributed by atoms with van der Waals surface area (Å²) in [6.45, 7) is 2.60. The lowest BCUT2D eigenvalue weighted by Crippen LogP contribution is -2.27. The van der Waals surface area contributed by atoms with E-state index in [4.69, 9.17) is 10.3 Å². The van der Waals surface area contributed by atoms with Gasteiger partial charge in [-0.1, -0.05) is 5.11 Å². The van der Waals surface area contributed by atoms with Gasteiger partial charge in [-0.25, -0.2) is 9.78 Å². The number of carbonyl (C=O) groups excluding carboxylic acids is 2. The molecule has 1 aromatic rings. The number of pyridine rings is 1. The first-order chi connectivity index (χ1) is 10.2. The number of esters is 1. The van der Waals surface area contributed by atoms with Crippen molar-refractivity contribution in [1.82, 2.24) is 4.98 Å². The van der Waals surface area contributed by atoms with Crippen LogP contribution in [-0.2, 0) is 9.53 Å². The molecule has 1 atom stereocenters. The molecular weight excluding hydrogens is 274 g/mol. The summed E-state index contributed by atoms with van der Waals surface area (Å²) >= 11 is 0. The minimum Gasteiger partial charge on any atom is -0.461 e. The second kappa shape index (κ2) is 6.71. The first kappa shape index (κ1) is 14.8. The van der Waals surface area contributed by atoms with Gasteiger partial charge in [0.25, 0.3) is 0 Å². The lowest BCUT2D eigenvalue weighted by Gasteiger charge is -2.18. The van der Waals surface area contributed by atoms with Crippen LogP contribution in [0.1, 0.15) is 23.8 Å². The van der Waals surface area contributed by atoms with Crippen LogP contribution in [0, 0.1) is 5.92 Å². The van der Waals surface area contributed by atoms with Gasteiger partial charge in [0, 0.05) is 30.6 Å². The number of aromatic nitrogens is 1. The highest BCUT2D eigenvalue weighted by Crippen LogP contribution is 2.27. The van der Waals surface area contributed by atoms with Crippen LogP contribution in [0.25, 0.3) is 10.4 Å². The molecular formula is C13H15N5O3. The van der Waals surface area contributed by atoms with Gasteiger partial charge in [0.2, 0.25) is 5.91 Å². The molecule has 0 N–H and O–H groups in total. The molecule has 8 heteroatoms. The second-order valence-corrected chi connectivity index (χ2v) is 4.58. The van der Waals surface area contributed by atoms with Gasteiger partial charge in [-0.2, -0.15) is 0 Å². The molecule has 0 aromatic carbocycles. The number of nitrogens with zero attached hydrogens (tertiary/aromatic N) is 5. The average molecular weight is 289 g/mol. The van der Waals surface area contributed by atoms with Crippen molar-refractivity contribution in [3.8, 4) is 0 Å². The van der Waals surface area contributed by atoms with Gasteiger partial charge in [0.05, 0.1) is 12.3 Å². The maximum absolute atomic E-state index is 12.1. The van der Waals surface area contributed by atoms with Crippen LogP contribution in [0.2, 0.25) is 0 Å². The zero-order chi connectivity index (χ0) is 15.2. The maximum atomic E-state index is 12.1. The number of carbonyl (C=O) groups is 2. The van der Waals surface area contributed by atoms with Crippen molar-refractivity contribution in [2.45, 2.75) is 13.3 Å². The topological polar surface area (TPSA) is 108 Å². The van der Waals surface area contributed by atoms with E-state index in [9.17, 15) is 9.59 Å². The lowest BCUT2D eigenvalue weighted by molar-refractivity contribution is -0.117. The van der Waals surface area contributed by atoms with Gasteiger partial charge in [-0.05, 0) is 30.5 Å². The SMILES string of the molecule is CCOC(=O)c1ncccc1N1CC(CN=[N+]=[N-])CC1=O. The Morgan fingerprint density at radius 3 is 3.19 bits per heavy atom. The minimum absolute atomic E-state index is 0.0522. The van der Waals surface area contributed by atoms with E-state index in [1.807, 2.05) is 0 Å². The predicted molar refractivity (Wildman–Crippen MR) is 74.7 cm³/mol. The van der Waals surface area contributed by atoms with E-state index in [0.29, 0.717) is 12.2 Å². The molecule has 1 aromatic heterocycles. The van der Waals surface area contributed by atoms with Gasteiger partial charge in [-0.3, -0.25) is 4.79 Å². The van der Waals surface area contributed by atoms with E-state index in [1.165, 1.54) is 11.1 Å². The van der Waals surface area contributed by atoms with Crippen LogP contribution in [0.5, 0.6) is 0 Å². The molecule has 0 aliphatic carbocycles. The average Bonchev–Trinajstić information content (AvgIpc) is 2.86. The summed E-state index contributed by atoms with van der Waals surface area (Å²) in [6, 6.07) is 3.32. The Kier molecular flexibility index (Phi) is 4.73. The van der Waals surface area contributed by atoms with Crippen LogP contribution in [0.15, 0.2) is 23.4 Å². The third-order valence-corrected chi connectivity index (χ3v) is 3.15. The first-order valence-corrected chi connectivity index (χ1v) is 6.60. The summed E-state index contributed by atoms with van der Waals surface area (Å²) in [5.74, 6) is -0.727. The van der Waals surface area contributed by atoms with Crippen molar-refractivity contribution in [3.05, 3.63) is 34.5 Å². The predicted octanol–water partition coefficient (Wildman–Crippen LogP) is 1.92. The van der Waals surface area contributed by atoms with Gasteiger partial charge in [0.1, 0.15) is 0 Å². The molecule has 1 amide bonds. The molecule has 1 aliphatic rings. The highest BCUT2D eigenvalue weighted by molar-refractivity contribution is 6.02. The van der Waals surface area contributed by atoms with E-state index in [1.54, 1.807) is 19.1 Å². The molecule has 0 bridgehead atoms. The third kappa shape index (κ3) is 3.29. The molecule has 0 spiro atoms. The van der Waals surface area contributed by atoms with E-state index >= 15 is 0 Å². The number of azide groups is 1. The van der Waals surface area contributed by atoms with Crippen LogP contribution < -0.4 is 4.90 Å². The minimum atomic E-state index is -0.556. The van der Waals surface area contributed by atoms with Crippen molar-refractivity contribution >= 4 is 17.6 Å². The van der Waals surface area contributed by atoms with Crippen molar-refractivity contribution in [2.24, 2.45) is 11.0 Å². The summed E-state index contributed by atoms with van der Waals surface area (Å²) in [5.41, 5.74) is 8.90. The molecule has 2 rings (SSSR count). The Labute approximate surface area is 121 Å². The molecule has 1 aliphatic heterocycles. The van der Waals surface area contributed by atoms with Crippen LogP contribution in [0.3, 0.4) is 0 Å². The molecule has 0 saturated carbocycles. The zero-order valence-electron chi connectivity index (χ0n) is 11.6. The zero-order valence-corrected chi connectivity index (χ0v) is 11.6. The Morgan fingerprint density at radius 2 is 2.48 bits per heavy atom. The standard InChI is InChI=1S/C13H15N5O3/c1-2-21-13(20)12-10(4-3-5-15-12)18-8-9(6-11(18)19)7-16-17-14/h3-5,9H,2,6-8H2,1H3. The number of anilines is 1. The first-order valence-electron chi connectivity index (χ1n) is 6.60. The number of amides is 1. The third-order valence-electron chi connectivity index (χ3n) is 3.15. The molecule has 1 unspecified atom stereocenters. The smallest absolute Gasteiger partial charge is 0.359 e. The normalized spacial score (nSPS) is 17.5. The van der Waals surface area contributed by atoms with Crippen molar-refractivity contribution in [2.75, 3.05) is 24.6 Å². The van der Waals surface area contributed by atoms with E-state index in [2.05, 4.69) is 15.0 Å². The van der Waals surface area contributed by atoms with Crippen LogP contribution in [-0.4, -0.2) is 36.6 Å². The Hall–Kier alpha value is -2.60. The number of ether oxygens (including phenoxy) is 1. The molecule has 2 heterocycles. The maximum Gasteiger partial charge on any atom is 0.359 e. The van der Waals surface area contributed by atoms with Crippen LogP contribution >= 0.6 is 0 Å². The highest BCUT2D eigenvalue weighted by atomic mass is 16.5. The molecule has 1 fully saturated rings. The number of hydrogen-bond donors (Lipinski definition) is 0. The fraction of sp³-hybridized carbons (Fsp3) is 0.462. The van der Waals surface area contributed by atoms with Crippen molar-refractivity contribution in [3.63, 3.8) is 0 Å². The quantitative estimate of drug-likeness (QED) is 0.357. The fourth-order valence-corrected chi connectivity index (χ4v) is 2.26. The van der Waals surface area contributed by atoms with Gasteiger partial charge in [-0.15, -0.1) is 0 Å². The van der Waals surface area contributed by atoms with Gasteiger partial charge in [0.15, 0.2) is 5.69 Å². The molecule has 110 valence electrons. The number of hydrogen-bond acceptors (Lipinski definition) is 5. The summed E-state index contributed by atoms with van der Waals surface area (Å²) in [6.07, 6.45) is 1.77. The van der Waals surface area contributed by atoms with Gasteiger partial charge >= 0.3 is 5.97 Å². The van der Waals surface area contributed by atoms with Crippen LogP contribution in [0.4, 0.5) is 5.69 Å². The van der Waals surface area contributed by atoms with E-state index < -0.39 is 5.97 Å². The Balaban J connectivity index is 2.24. The van der Waals surface area contributed by atoms with E-state index in [-0.39, 0.29) is 37.1 Å². The second-order valence-electron chi connectivity index (χ2n) is 4.58. The summed E-state index contributed by atoms with van der Waals surface area (Å²) in [4.78, 5) is 32.2. The monoisotopic (exact) mass is 289 g/mol. The molecule has 0 radical (unpaired) electrons. The molecule has 21 heavy (non-hydrogen) atoms. The largest absolute Gasteiger partial charge is 0.461 e. The van der Waals surface area contributed by atoms with Gasteiger partial charge < -0.3 is 9.64 Å². The summed E-state index contributed by atoms with van der Waals surface area (Å²) < 4.78 is 4.95. The highest BCUT2D eigenvalue weighted by Gasteiger charge is 2.32. The molecule has 1 saturated heterocycles. The lowest BCUT2D eigenvalue weighted by atomic mass is 10.1. The van der Waals surface area contributed by atoms with Crippen molar-refractivity contribution in [1.29, 1.82) is 0 Å². The fourth-order valence-electron chi connectivity index (χ4n) is 2.26. The number of rotatable bonds is 5. The van der Waals surface area contributed by atoms with Crippen molar-refractivity contribution < 1.29 is 14.3 Å². The summed E-state index contributed by atoms with van der Waals surface area (Å²) in [7, 11) is 0.